The Morgan fingerprint density at radius 1 is 0.879 bits per heavy atom. The van der Waals surface area contributed by atoms with Crippen LogP contribution in [0.4, 0.5) is 11.4 Å². The summed E-state index contributed by atoms with van der Waals surface area (Å²) < 4.78 is 10.9. The molecule has 0 bridgehead atoms. The van der Waals surface area contributed by atoms with Gasteiger partial charge in [0.15, 0.2) is 0 Å². The van der Waals surface area contributed by atoms with E-state index >= 15 is 0 Å². The van der Waals surface area contributed by atoms with Gasteiger partial charge in [-0.1, -0.05) is 48.9 Å². The zero-order valence-electron chi connectivity index (χ0n) is 18.5. The molecule has 0 aliphatic carbocycles. The number of aryl methyl sites for hydroxylation is 1. The van der Waals surface area contributed by atoms with Gasteiger partial charge in [-0.2, -0.15) is 0 Å². The number of carbonyl (C=O) groups is 2. The molecule has 3 aromatic carbocycles. The number of nitrogens with one attached hydrogen (secondary N) is 1. The number of ether oxygens (including phenoxy) is 2. The predicted octanol–water partition coefficient (Wildman–Crippen LogP) is 5.32. The molecule has 3 aromatic rings. The maximum absolute atomic E-state index is 13.7. The third kappa shape index (κ3) is 4.17. The molecule has 2 amide bonds. The van der Waals surface area contributed by atoms with Crippen molar-refractivity contribution in [2.24, 2.45) is 0 Å². The van der Waals surface area contributed by atoms with E-state index in [2.05, 4.69) is 5.32 Å². The third-order valence-corrected chi connectivity index (χ3v) is 5.72. The Morgan fingerprint density at radius 2 is 1.58 bits per heavy atom. The molecule has 0 fully saturated rings. The molecule has 0 saturated heterocycles. The molecule has 168 valence electrons. The van der Waals surface area contributed by atoms with E-state index in [9.17, 15) is 9.59 Å². The van der Waals surface area contributed by atoms with Crippen LogP contribution < -0.4 is 19.7 Å². The summed E-state index contributed by atoms with van der Waals surface area (Å²) in [6.45, 7) is 2.04. The van der Waals surface area contributed by atoms with E-state index in [4.69, 9.17) is 21.1 Å². The number of benzene rings is 3. The van der Waals surface area contributed by atoms with Crippen molar-refractivity contribution in [3.63, 3.8) is 0 Å². The van der Waals surface area contributed by atoms with Crippen molar-refractivity contribution < 1.29 is 19.1 Å². The van der Waals surface area contributed by atoms with Gasteiger partial charge in [0.05, 0.1) is 31.2 Å². The molecular weight excluding hydrogens is 440 g/mol. The standard InChI is InChI=1S/C26H23ClN2O4/c1-4-16-9-12-18(13-10-16)29-25(30)23(19-7-5-6-8-21(19)32-2)24(26(29)31)28-20-15-17(27)11-14-22(20)33-3/h5-15,28H,4H2,1-3H3. The number of halogens is 1. The summed E-state index contributed by atoms with van der Waals surface area (Å²) in [6, 6.07) is 19.5. The molecule has 1 aliphatic heterocycles. The highest BCUT2D eigenvalue weighted by Crippen LogP contribution is 2.39. The second kappa shape index (κ2) is 9.38. The van der Waals surface area contributed by atoms with Crippen LogP contribution in [-0.2, 0) is 16.0 Å². The molecule has 0 saturated carbocycles. The van der Waals surface area contributed by atoms with Crippen LogP contribution in [-0.4, -0.2) is 26.0 Å². The van der Waals surface area contributed by atoms with Crippen molar-refractivity contribution in [2.75, 3.05) is 24.4 Å². The normalized spacial score (nSPS) is 13.5. The fourth-order valence-corrected chi connectivity index (χ4v) is 3.95. The van der Waals surface area contributed by atoms with Crippen LogP contribution in [0.15, 0.2) is 72.4 Å². The molecule has 0 unspecified atom stereocenters. The van der Waals surface area contributed by atoms with Crippen LogP contribution in [0.5, 0.6) is 11.5 Å². The summed E-state index contributed by atoms with van der Waals surface area (Å²) in [5, 5.41) is 3.57. The number of imide groups is 1. The van der Waals surface area contributed by atoms with Crippen molar-refractivity contribution >= 4 is 40.4 Å². The third-order valence-electron chi connectivity index (χ3n) is 5.48. The highest BCUT2D eigenvalue weighted by molar-refractivity contribution is 6.46. The molecule has 0 spiro atoms. The number of hydrogen-bond donors (Lipinski definition) is 1. The molecule has 33 heavy (non-hydrogen) atoms. The van der Waals surface area contributed by atoms with Gasteiger partial charge in [0.2, 0.25) is 0 Å². The molecule has 1 heterocycles. The van der Waals surface area contributed by atoms with Crippen LogP contribution >= 0.6 is 11.6 Å². The maximum Gasteiger partial charge on any atom is 0.282 e. The molecule has 7 heteroatoms. The first kappa shape index (κ1) is 22.4. The molecule has 1 aliphatic rings. The predicted molar refractivity (Wildman–Crippen MR) is 130 cm³/mol. The lowest BCUT2D eigenvalue weighted by molar-refractivity contribution is -0.120. The largest absolute Gasteiger partial charge is 0.496 e. The molecule has 1 N–H and O–H groups in total. The quantitative estimate of drug-likeness (QED) is 0.481. The zero-order valence-corrected chi connectivity index (χ0v) is 19.3. The van der Waals surface area contributed by atoms with Crippen molar-refractivity contribution in [3.05, 3.63) is 88.6 Å². The monoisotopic (exact) mass is 462 g/mol. The number of methoxy groups -OCH3 is 2. The summed E-state index contributed by atoms with van der Waals surface area (Å²) in [6.07, 6.45) is 0.855. The van der Waals surface area contributed by atoms with Crippen LogP contribution in [0.2, 0.25) is 5.02 Å². The van der Waals surface area contributed by atoms with Gasteiger partial charge in [-0.3, -0.25) is 9.59 Å². The number of rotatable bonds is 7. The Bertz CT molecular complexity index is 1250. The fraction of sp³-hybridized carbons (Fsp3) is 0.154. The number of anilines is 2. The van der Waals surface area contributed by atoms with Gasteiger partial charge in [0.25, 0.3) is 11.8 Å². The van der Waals surface area contributed by atoms with Gasteiger partial charge < -0.3 is 14.8 Å². The lowest BCUT2D eigenvalue weighted by Gasteiger charge is -2.16. The highest BCUT2D eigenvalue weighted by Gasteiger charge is 2.41. The van der Waals surface area contributed by atoms with Crippen molar-refractivity contribution in [2.45, 2.75) is 13.3 Å². The van der Waals surface area contributed by atoms with E-state index in [1.807, 2.05) is 19.1 Å². The average molecular weight is 463 g/mol. The molecule has 4 rings (SSSR count). The van der Waals surface area contributed by atoms with Crippen LogP contribution in [0.3, 0.4) is 0 Å². The molecule has 0 radical (unpaired) electrons. The van der Waals surface area contributed by atoms with E-state index < -0.39 is 11.8 Å². The van der Waals surface area contributed by atoms with Gasteiger partial charge in [-0.05, 0) is 48.4 Å². The first-order valence-electron chi connectivity index (χ1n) is 10.4. The number of para-hydroxylation sites is 1. The van der Waals surface area contributed by atoms with Crippen LogP contribution in [0.25, 0.3) is 5.57 Å². The Morgan fingerprint density at radius 3 is 2.24 bits per heavy atom. The minimum absolute atomic E-state index is 0.115. The lowest BCUT2D eigenvalue weighted by atomic mass is 10.0. The van der Waals surface area contributed by atoms with E-state index in [1.54, 1.807) is 54.6 Å². The number of carbonyl (C=O) groups excluding carboxylic acids is 2. The van der Waals surface area contributed by atoms with Crippen LogP contribution in [0, 0.1) is 0 Å². The number of amides is 2. The van der Waals surface area contributed by atoms with Gasteiger partial charge >= 0.3 is 0 Å². The smallest absolute Gasteiger partial charge is 0.282 e. The van der Waals surface area contributed by atoms with Crippen molar-refractivity contribution in [3.8, 4) is 11.5 Å². The van der Waals surface area contributed by atoms with E-state index in [0.717, 1.165) is 12.0 Å². The van der Waals surface area contributed by atoms with Gasteiger partial charge in [0.1, 0.15) is 17.2 Å². The Hall–Kier alpha value is -3.77. The second-order valence-electron chi connectivity index (χ2n) is 7.39. The summed E-state index contributed by atoms with van der Waals surface area (Å²) >= 11 is 6.18. The average Bonchev–Trinajstić information content (AvgIpc) is 3.08. The molecule has 0 aromatic heterocycles. The van der Waals surface area contributed by atoms with E-state index in [0.29, 0.717) is 33.5 Å². The lowest BCUT2D eigenvalue weighted by Crippen LogP contribution is -2.32. The van der Waals surface area contributed by atoms with Crippen LogP contribution in [0.1, 0.15) is 18.1 Å². The molecule has 0 atom stereocenters. The van der Waals surface area contributed by atoms with E-state index in [1.165, 1.54) is 19.1 Å². The van der Waals surface area contributed by atoms with Gasteiger partial charge in [0, 0.05) is 10.6 Å². The summed E-state index contributed by atoms with van der Waals surface area (Å²) in [5.74, 6) is 0.0379. The summed E-state index contributed by atoms with van der Waals surface area (Å²) in [5.41, 5.74) is 2.90. The Labute approximate surface area is 197 Å². The fourth-order valence-electron chi connectivity index (χ4n) is 3.77. The topological polar surface area (TPSA) is 67.9 Å². The van der Waals surface area contributed by atoms with Gasteiger partial charge in [-0.25, -0.2) is 4.90 Å². The first-order valence-corrected chi connectivity index (χ1v) is 10.8. The van der Waals surface area contributed by atoms with Gasteiger partial charge in [-0.15, -0.1) is 0 Å². The SMILES string of the molecule is CCc1ccc(N2C(=O)C(Nc3cc(Cl)ccc3OC)=C(c3ccccc3OC)C2=O)cc1. The minimum Gasteiger partial charge on any atom is -0.496 e. The zero-order chi connectivity index (χ0) is 23.5. The van der Waals surface area contributed by atoms with Crippen molar-refractivity contribution in [1.29, 1.82) is 0 Å². The first-order chi connectivity index (χ1) is 16.0. The van der Waals surface area contributed by atoms with Crippen molar-refractivity contribution in [1.82, 2.24) is 0 Å². The maximum atomic E-state index is 13.7. The summed E-state index contributed by atoms with van der Waals surface area (Å²) in [7, 11) is 3.04. The Kier molecular flexibility index (Phi) is 6.38. The second-order valence-corrected chi connectivity index (χ2v) is 7.82. The summed E-state index contributed by atoms with van der Waals surface area (Å²) in [4.78, 5) is 28.4. The minimum atomic E-state index is -0.479. The molecule has 6 nitrogen and oxygen atoms in total. The Balaban J connectivity index is 1.87. The molecular formula is C26H23ClN2O4. The van der Waals surface area contributed by atoms with E-state index in [-0.39, 0.29) is 11.3 Å². The number of hydrogen-bond acceptors (Lipinski definition) is 5. The highest BCUT2D eigenvalue weighted by atomic mass is 35.5. The number of nitrogens with zero attached hydrogens (tertiary/aromatic N) is 1.